The van der Waals surface area contributed by atoms with E-state index in [1.807, 2.05) is 14.1 Å². The summed E-state index contributed by atoms with van der Waals surface area (Å²) in [6.45, 7) is 1.09. The van der Waals surface area contributed by atoms with Gasteiger partial charge in [0.05, 0.1) is 0 Å². The minimum absolute atomic E-state index is 1.09. The Kier molecular flexibility index (Phi) is 3.59. The lowest BCUT2D eigenvalue weighted by atomic mass is 10.2. The summed E-state index contributed by atoms with van der Waals surface area (Å²) in [6, 6.07) is 8.71. The molecule has 0 amide bonds. The number of para-hydroxylation sites is 1. The number of rotatable bonds is 3. The largest absolute Gasteiger partial charge is 0.394 e. The lowest BCUT2D eigenvalue weighted by Crippen LogP contribution is -2.12. The molecule has 0 spiro atoms. The van der Waals surface area contributed by atoms with E-state index in [1.165, 1.54) is 28.1 Å². The van der Waals surface area contributed by atoms with Crippen LogP contribution >= 0.6 is 0 Å². The Bertz CT molecular complexity index is 608. The van der Waals surface area contributed by atoms with Crippen molar-refractivity contribution in [2.45, 2.75) is 19.3 Å². The smallest absolute Gasteiger partial charge is 0.208 e. The highest BCUT2D eigenvalue weighted by Crippen LogP contribution is 2.30. The molecular formula is C17H22N3+. The van der Waals surface area contributed by atoms with Crippen LogP contribution in [0.5, 0.6) is 0 Å². The fraction of sp³-hybridized carbons (Fsp3) is 0.353. The first-order valence-corrected chi connectivity index (χ1v) is 7.30. The predicted octanol–water partition coefficient (Wildman–Crippen LogP) is 2.33. The van der Waals surface area contributed by atoms with Crippen molar-refractivity contribution in [1.29, 1.82) is 0 Å². The van der Waals surface area contributed by atoms with E-state index in [2.05, 4.69) is 51.9 Å². The second-order valence-electron chi connectivity index (χ2n) is 5.31. The van der Waals surface area contributed by atoms with Crippen LogP contribution in [0.1, 0.15) is 18.4 Å². The van der Waals surface area contributed by atoms with Gasteiger partial charge in [-0.3, -0.25) is 0 Å². The lowest BCUT2D eigenvalue weighted by molar-refractivity contribution is -0.423. The summed E-state index contributed by atoms with van der Waals surface area (Å²) in [7, 11) is 3.97. The normalized spacial score (nSPS) is 21.7. The summed E-state index contributed by atoms with van der Waals surface area (Å²) < 4.78 is 2.39. The van der Waals surface area contributed by atoms with Gasteiger partial charge in [0.25, 0.3) is 0 Å². The molecule has 1 aromatic rings. The van der Waals surface area contributed by atoms with Gasteiger partial charge in [-0.25, -0.2) is 0 Å². The van der Waals surface area contributed by atoms with Gasteiger partial charge in [0.2, 0.25) is 5.69 Å². The van der Waals surface area contributed by atoms with Crippen LogP contribution in [0.3, 0.4) is 0 Å². The van der Waals surface area contributed by atoms with Crippen molar-refractivity contribution in [2.24, 2.45) is 0 Å². The molecule has 1 heterocycles. The zero-order chi connectivity index (χ0) is 13.9. The fourth-order valence-electron chi connectivity index (χ4n) is 3.18. The lowest BCUT2D eigenvalue weighted by Gasteiger charge is -2.05. The molecule has 104 valence electrons. The third-order valence-electron chi connectivity index (χ3n) is 4.11. The van der Waals surface area contributed by atoms with Gasteiger partial charge in [-0.1, -0.05) is 18.2 Å². The highest BCUT2D eigenvalue weighted by atomic mass is 15.0. The quantitative estimate of drug-likeness (QED) is 0.823. The Balaban J connectivity index is 1.97. The van der Waals surface area contributed by atoms with Crippen molar-refractivity contribution in [2.75, 3.05) is 20.6 Å². The first-order valence-electron chi connectivity index (χ1n) is 7.30. The zero-order valence-corrected chi connectivity index (χ0v) is 12.2. The Morgan fingerprint density at radius 2 is 1.95 bits per heavy atom. The monoisotopic (exact) mass is 268 g/mol. The maximum Gasteiger partial charge on any atom is 0.208 e. The molecule has 0 unspecified atom stereocenters. The number of allylic oxidation sites excluding steroid dienone is 2. The number of benzene rings is 1. The molecule has 3 rings (SSSR count). The Morgan fingerprint density at radius 3 is 2.75 bits per heavy atom. The number of likely N-dealkylation sites (N-methyl/N-ethyl adjacent to an activating group) is 1. The van der Waals surface area contributed by atoms with Crippen LogP contribution in [-0.2, 0) is 6.42 Å². The SMILES string of the molecule is CNC=C1CCC(C=[N+]2CCc3ccccc32)=C1NC. The molecule has 0 saturated carbocycles. The van der Waals surface area contributed by atoms with Gasteiger partial charge in [-0.05, 0) is 18.4 Å². The van der Waals surface area contributed by atoms with Crippen LogP contribution in [0.2, 0.25) is 0 Å². The van der Waals surface area contributed by atoms with Gasteiger partial charge >= 0.3 is 0 Å². The first kappa shape index (κ1) is 13.0. The van der Waals surface area contributed by atoms with Crippen molar-refractivity contribution < 1.29 is 4.58 Å². The van der Waals surface area contributed by atoms with Crippen LogP contribution < -0.4 is 10.6 Å². The number of hydrogen-bond acceptors (Lipinski definition) is 2. The average molecular weight is 268 g/mol. The number of nitrogens with one attached hydrogen (secondary N) is 2. The Hall–Kier alpha value is -2.03. The first-order chi connectivity index (χ1) is 9.83. The van der Waals surface area contributed by atoms with Crippen molar-refractivity contribution in [1.82, 2.24) is 10.6 Å². The van der Waals surface area contributed by atoms with Crippen LogP contribution in [0, 0.1) is 0 Å². The molecule has 0 fully saturated rings. The summed E-state index contributed by atoms with van der Waals surface area (Å²) >= 11 is 0. The average Bonchev–Trinajstić information content (AvgIpc) is 3.05. The molecule has 0 aromatic heterocycles. The molecule has 1 aliphatic carbocycles. The fourth-order valence-corrected chi connectivity index (χ4v) is 3.18. The molecule has 0 bridgehead atoms. The zero-order valence-electron chi connectivity index (χ0n) is 12.2. The van der Waals surface area contributed by atoms with E-state index < -0.39 is 0 Å². The second-order valence-corrected chi connectivity index (χ2v) is 5.31. The van der Waals surface area contributed by atoms with E-state index in [0.29, 0.717) is 0 Å². The third kappa shape index (κ3) is 2.24. The summed E-state index contributed by atoms with van der Waals surface area (Å²) in [5.41, 5.74) is 6.88. The van der Waals surface area contributed by atoms with Crippen LogP contribution in [0.25, 0.3) is 0 Å². The summed E-state index contributed by atoms with van der Waals surface area (Å²) in [4.78, 5) is 0. The van der Waals surface area contributed by atoms with E-state index in [1.54, 1.807) is 0 Å². The molecule has 0 radical (unpaired) electrons. The molecule has 3 nitrogen and oxygen atoms in total. The molecule has 1 aliphatic heterocycles. The molecule has 0 atom stereocenters. The number of fused-ring (bicyclic) bond motifs is 1. The minimum Gasteiger partial charge on any atom is -0.394 e. The molecular weight excluding hydrogens is 246 g/mol. The van der Waals surface area contributed by atoms with E-state index in [9.17, 15) is 0 Å². The highest BCUT2D eigenvalue weighted by Gasteiger charge is 2.25. The predicted molar refractivity (Wildman–Crippen MR) is 83.5 cm³/mol. The van der Waals surface area contributed by atoms with Crippen LogP contribution in [0.15, 0.2) is 47.3 Å². The van der Waals surface area contributed by atoms with Gasteiger partial charge < -0.3 is 10.6 Å². The Morgan fingerprint density at radius 1 is 1.10 bits per heavy atom. The van der Waals surface area contributed by atoms with Gasteiger partial charge in [0.15, 0.2) is 12.8 Å². The van der Waals surface area contributed by atoms with Gasteiger partial charge in [-0.2, -0.15) is 4.58 Å². The molecule has 20 heavy (non-hydrogen) atoms. The van der Waals surface area contributed by atoms with Gasteiger partial charge in [0, 0.05) is 49.6 Å². The van der Waals surface area contributed by atoms with Crippen molar-refractivity contribution in [3.05, 3.63) is 52.9 Å². The maximum absolute atomic E-state index is 3.36. The highest BCUT2D eigenvalue weighted by molar-refractivity contribution is 5.80. The van der Waals surface area contributed by atoms with Crippen molar-refractivity contribution in [3.63, 3.8) is 0 Å². The van der Waals surface area contributed by atoms with Crippen LogP contribution in [0.4, 0.5) is 5.69 Å². The summed E-state index contributed by atoms with van der Waals surface area (Å²) in [5.74, 6) is 0. The molecule has 2 N–H and O–H groups in total. The van der Waals surface area contributed by atoms with Crippen molar-refractivity contribution >= 4 is 11.9 Å². The maximum atomic E-state index is 3.36. The standard InChI is InChI=1S/C17H21N3/c1-18-11-14-7-8-15(17(14)19-2)12-20-10-9-13-5-3-4-6-16(13)20/h3-6,11-12H,7-10H2,1-2H3,(H,18,19)/p+1. The topological polar surface area (TPSA) is 27.1 Å². The minimum atomic E-state index is 1.09. The molecule has 1 aromatic carbocycles. The molecule has 3 heteroatoms. The molecule has 2 aliphatic rings. The Labute approximate surface area is 120 Å². The second kappa shape index (κ2) is 5.53. The van der Waals surface area contributed by atoms with Gasteiger partial charge in [-0.15, -0.1) is 0 Å². The van der Waals surface area contributed by atoms with E-state index in [4.69, 9.17) is 0 Å². The van der Waals surface area contributed by atoms with Gasteiger partial charge in [0.1, 0.15) is 0 Å². The number of nitrogens with zero attached hydrogens (tertiary/aromatic N) is 1. The van der Waals surface area contributed by atoms with Crippen molar-refractivity contribution in [3.8, 4) is 0 Å². The number of hydrogen-bond donors (Lipinski definition) is 2. The van der Waals surface area contributed by atoms with E-state index in [0.717, 1.165) is 25.8 Å². The van der Waals surface area contributed by atoms with E-state index in [-0.39, 0.29) is 0 Å². The third-order valence-corrected chi connectivity index (χ3v) is 4.11. The summed E-state index contributed by atoms with van der Waals surface area (Å²) in [5, 5.41) is 6.50. The van der Waals surface area contributed by atoms with Crippen LogP contribution in [-0.4, -0.2) is 31.4 Å². The molecule has 0 saturated heterocycles. The summed E-state index contributed by atoms with van der Waals surface area (Å²) in [6.07, 6.45) is 7.80. The van der Waals surface area contributed by atoms with E-state index >= 15 is 0 Å².